The van der Waals surface area contributed by atoms with Crippen molar-refractivity contribution in [2.24, 2.45) is 5.92 Å². The minimum absolute atomic E-state index is 0.814. The van der Waals surface area contributed by atoms with Gasteiger partial charge in [0.1, 0.15) is 0 Å². The second-order valence-electron chi connectivity index (χ2n) is 1.99. The summed E-state index contributed by atoms with van der Waals surface area (Å²) in [7, 11) is 0. The summed E-state index contributed by atoms with van der Waals surface area (Å²) >= 11 is 5.48. The molecule has 1 atom stereocenters. The van der Waals surface area contributed by atoms with Gasteiger partial charge in [0.05, 0.1) is 0 Å². The summed E-state index contributed by atoms with van der Waals surface area (Å²) in [5.41, 5.74) is 0. The number of hydrogen-bond acceptors (Lipinski definition) is 0. The van der Waals surface area contributed by atoms with Crippen LogP contribution < -0.4 is 0 Å². The van der Waals surface area contributed by atoms with E-state index in [0.717, 1.165) is 18.2 Å². The summed E-state index contributed by atoms with van der Waals surface area (Å²) in [5.74, 6) is 1.63. The van der Waals surface area contributed by atoms with Crippen LogP contribution in [-0.4, -0.2) is 5.88 Å². The molecular formula is C6H13Cl. The van der Waals surface area contributed by atoms with Gasteiger partial charge in [-0.25, -0.2) is 0 Å². The Labute approximate surface area is 50.9 Å². The van der Waals surface area contributed by atoms with Crippen molar-refractivity contribution in [3.05, 3.63) is 0 Å². The third-order valence-electron chi connectivity index (χ3n) is 1.30. The van der Waals surface area contributed by atoms with E-state index in [9.17, 15) is 0 Å². The molecule has 0 nitrogen and oxygen atoms in total. The molecule has 0 rings (SSSR count). The smallest absolute Gasteiger partial charge is 0.0225 e. The molecule has 1 heteroatoms. The molecule has 0 radical (unpaired) electrons. The van der Waals surface area contributed by atoms with E-state index < -0.39 is 0 Å². The van der Waals surface area contributed by atoms with Crippen molar-refractivity contribution in [1.29, 1.82) is 0 Å². The highest BCUT2D eigenvalue weighted by molar-refractivity contribution is 6.17. The second-order valence-corrected chi connectivity index (χ2v) is 2.37. The highest BCUT2D eigenvalue weighted by atomic mass is 35.5. The first-order valence-corrected chi connectivity index (χ1v) is 3.40. The van der Waals surface area contributed by atoms with Crippen LogP contribution in [0.5, 0.6) is 0 Å². The summed E-state index contributed by atoms with van der Waals surface area (Å²) in [4.78, 5) is 0. The number of alkyl halides is 1. The Bertz CT molecular complexity index is 35.2. The van der Waals surface area contributed by atoms with Crippen LogP contribution in [0.3, 0.4) is 0 Å². The monoisotopic (exact) mass is 120 g/mol. The van der Waals surface area contributed by atoms with E-state index in [2.05, 4.69) is 13.8 Å². The molecule has 0 amide bonds. The van der Waals surface area contributed by atoms with Crippen LogP contribution in [0.2, 0.25) is 0 Å². The van der Waals surface area contributed by atoms with Gasteiger partial charge in [-0.1, -0.05) is 20.3 Å². The molecule has 0 aliphatic carbocycles. The lowest BCUT2D eigenvalue weighted by atomic mass is 10.1. The molecule has 0 bridgehead atoms. The Balaban J connectivity index is 2.83. The molecule has 0 unspecified atom stereocenters. The maximum atomic E-state index is 5.48. The van der Waals surface area contributed by atoms with Gasteiger partial charge in [-0.15, -0.1) is 11.6 Å². The van der Waals surface area contributed by atoms with E-state index in [1.165, 1.54) is 6.42 Å². The van der Waals surface area contributed by atoms with Gasteiger partial charge in [0, 0.05) is 5.88 Å². The zero-order chi connectivity index (χ0) is 5.70. The van der Waals surface area contributed by atoms with E-state index in [4.69, 9.17) is 11.6 Å². The minimum atomic E-state index is 0.814. The van der Waals surface area contributed by atoms with Crippen LogP contribution in [0.25, 0.3) is 0 Å². The Morgan fingerprint density at radius 1 is 1.57 bits per heavy atom. The molecular weight excluding hydrogens is 108 g/mol. The molecule has 0 fully saturated rings. The third kappa shape index (κ3) is 4.14. The zero-order valence-electron chi connectivity index (χ0n) is 5.08. The average molecular weight is 121 g/mol. The van der Waals surface area contributed by atoms with Gasteiger partial charge in [-0.3, -0.25) is 0 Å². The molecule has 0 aromatic heterocycles. The molecule has 0 aromatic carbocycles. The molecule has 44 valence electrons. The van der Waals surface area contributed by atoms with Crippen molar-refractivity contribution in [3.8, 4) is 0 Å². The van der Waals surface area contributed by atoms with E-state index in [-0.39, 0.29) is 0 Å². The SMILES string of the molecule is CC[C@H](C)CCCl. The fourth-order valence-electron chi connectivity index (χ4n) is 0.390. The van der Waals surface area contributed by atoms with E-state index in [1.54, 1.807) is 0 Å². The summed E-state index contributed by atoms with van der Waals surface area (Å²) in [5, 5.41) is 0. The summed E-state index contributed by atoms with van der Waals surface area (Å²) in [6.07, 6.45) is 2.42. The van der Waals surface area contributed by atoms with E-state index in [1.807, 2.05) is 0 Å². The fraction of sp³-hybridized carbons (Fsp3) is 1.00. The van der Waals surface area contributed by atoms with Gasteiger partial charge >= 0.3 is 0 Å². The van der Waals surface area contributed by atoms with Gasteiger partial charge in [-0.2, -0.15) is 0 Å². The topological polar surface area (TPSA) is 0 Å². The number of hydrogen-bond donors (Lipinski definition) is 0. The van der Waals surface area contributed by atoms with Crippen molar-refractivity contribution in [2.75, 3.05) is 5.88 Å². The summed E-state index contributed by atoms with van der Waals surface area (Å²) in [6.45, 7) is 4.42. The maximum Gasteiger partial charge on any atom is 0.0225 e. The molecule has 0 aliphatic heterocycles. The first kappa shape index (κ1) is 7.29. The largest absolute Gasteiger partial charge is 0.127 e. The van der Waals surface area contributed by atoms with Gasteiger partial charge in [0.25, 0.3) is 0 Å². The Hall–Kier alpha value is 0.290. The van der Waals surface area contributed by atoms with Crippen molar-refractivity contribution in [3.63, 3.8) is 0 Å². The van der Waals surface area contributed by atoms with Crippen molar-refractivity contribution in [1.82, 2.24) is 0 Å². The second kappa shape index (κ2) is 4.45. The Morgan fingerprint density at radius 3 is 2.29 bits per heavy atom. The molecule has 0 saturated carbocycles. The van der Waals surface area contributed by atoms with Crippen molar-refractivity contribution in [2.45, 2.75) is 26.7 Å². The molecule has 0 aliphatic rings. The van der Waals surface area contributed by atoms with Crippen LogP contribution in [0.4, 0.5) is 0 Å². The van der Waals surface area contributed by atoms with Gasteiger partial charge < -0.3 is 0 Å². The average Bonchev–Trinajstić information content (AvgIpc) is 1.68. The number of rotatable bonds is 3. The lowest BCUT2D eigenvalue weighted by molar-refractivity contribution is 0.547. The van der Waals surface area contributed by atoms with Crippen LogP contribution in [0.1, 0.15) is 26.7 Å². The fourth-order valence-corrected chi connectivity index (χ4v) is 0.763. The predicted octanol–water partition coefficient (Wildman–Crippen LogP) is 2.66. The van der Waals surface area contributed by atoms with Gasteiger partial charge in [-0.05, 0) is 12.3 Å². The normalized spacial score (nSPS) is 14.1. The number of halogens is 1. The first-order valence-electron chi connectivity index (χ1n) is 2.87. The molecule has 0 spiro atoms. The molecule has 0 aromatic rings. The van der Waals surface area contributed by atoms with Crippen molar-refractivity contribution < 1.29 is 0 Å². The highest BCUT2D eigenvalue weighted by Crippen LogP contribution is 2.05. The Kier molecular flexibility index (Phi) is 4.63. The van der Waals surface area contributed by atoms with E-state index in [0.29, 0.717) is 0 Å². The summed E-state index contributed by atoms with van der Waals surface area (Å²) in [6, 6.07) is 0. The highest BCUT2D eigenvalue weighted by Gasteiger charge is 1.93. The predicted molar refractivity (Wildman–Crippen MR) is 34.8 cm³/mol. The van der Waals surface area contributed by atoms with Crippen LogP contribution >= 0.6 is 11.6 Å². The minimum Gasteiger partial charge on any atom is -0.127 e. The molecule has 0 heterocycles. The molecule has 0 N–H and O–H groups in total. The third-order valence-corrected chi connectivity index (χ3v) is 1.52. The zero-order valence-corrected chi connectivity index (χ0v) is 5.83. The van der Waals surface area contributed by atoms with E-state index >= 15 is 0 Å². The standard InChI is InChI=1S/C6H13Cl/c1-3-6(2)4-5-7/h6H,3-5H2,1-2H3/t6-/m0/s1. The van der Waals surface area contributed by atoms with Crippen molar-refractivity contribution >= 4 is 11.6 Å². The molecule has 7 heavy (non-hydrogen) atoms. The van der Waals surface area contributed by atoms with Crippen LogP contribution in [0.15, 0.2) is 0 Å². The quantitative estimate of drug-likeness (QED) is 0.503. The van der Waals surface area contributed by atoms with Crippen LogP contribution in [0, 0.1) is 5.92 Å². The summed E-state index contributed by atoms with van der Waals surface area (Å²) < 4.78 is 0. The lowest BCUT2D eigenvalue weighted by Gasteiger charge is -2.01. The van der Waals surface area contributed by atoms with Gasteiger partial charge in [0.2, 0.25) is 0 Å². The maximum absolute atomic E-state index is 5.48. The van der Waals surface area contributed by atoms with Gasteiger partial charge in [0.15, 0.2) is 0 Å². The Morgan fingerprint density at radius 2 is 2.14 bits per heavy atom. The first-order chi connectivity index (χ1) is 3.31. The molecule has 0 saturated heterocycles. The van der Waals surface area contributed by atoms with Crippen LogP contribution in [-0.2, 0) is 0 Å². The lowest BCUT2D eigenvalue weighted by Crippen LogP contribution is -1.90.